The Kier molecular flexibility index (Phi) is 7.26. The third kappa shape index (κ3) is 4.96. The predicted molar refractivity (Wildman–Crippen MR) is 147 cm³/mol. The number of allylic oxidation sites excluding steroid dienone is 2. The number of fused-ring (bicyclic) bond motifs is 2. The van der Waals surface area contributed by atoms with E-state index in [0.717, 1.165) is 38.9 Å². The van der Waals surface area contributed by atoms with Gasteiger partial charge in [-0.3, -0.25) is 0 Å². The fourth-order valence-electron chi connectivity index (χ4n) is 4.49. The number of aromatic nitrogens is 1. The van der Waals surface area contributed by atoms with Gasteiger partial charge in [0, 0.05) is 35.2 Å². The van der Waals surface area contributed by atoms with Gasteiger partial charge in [-0.25, -0.2) is 0 Å². The minimum atomic E-state index is 0.110. The molecular formula is C30H29N2O3S+. The van der Waals surface area contributed by atoms with Crippen molar-refractivity contribution in [1.29, 1.82) is 0 Å². The molecule has 36 heavy (non-hydrogen) atoms. The number of para-hydroxylation sites is 2. The monoisotopic (exact) mass is 497 g/mol. The van der Waals surface area contributed by atoms with Gasteiger partial charge >= 0.3 is 0 Å². The second-order valence-electron chi connectivity index (χ2n) is 8.45. The van der Waals surface area contributed by atoms with Crippen LogP contribution in [0.5, 0.6) is 11.5 Å². The molecule has 4 aromatic rings. The van der Waals surface area contributed by atoms with Crippen molar-refractivity contribution in [3.63, 3.8) is 0 Å². The molecule has 0 unspecified atom stereocenters. The van der Waals surface area contributed by atoms with E-state index in [9.17, 15) is 5.11 Å². The summed E-state index contributed by atoms with van der Waals surface area (Å²) in [6.45, 7) is 1.39. The molecule has 1 aliphatic rings. The molecule has 0 fully saturated rings. The number of anilines is 1. The van der Waals surface area contributed by atoms with Crippen LogP contribution in [0, 0.1) is 0 Å². The molecule has 0 saturated heterocycles. The summed E-state index contributed by atoms with van der Waals surface area (Å²) in [6, 6.07) is 24.9. The maximum absolute atomic E-state index is 9.57. The molecule has 0 atom stereocenters. The first kappa shape index (κ1) is 24.0. The quantitative estimate of drug-likeness (QED) is 0.319. The third-order valence-corrected chi connectivity index (χ3v) is 7.33. The van der Waals surface area contributed by atoms with Crippen molar-refractivity contribution in [2.45, 2.75) is 11.4 Å². The molecule has 0 spiro atoms. The van der Waals surface area contributed by atoms with Crippen LogP contribution in [0.25, 0.3) is 17.0 Å². The Labute approximate surface area is 215 Å². The van der Waals surface area contributed by atoms with E-state index in [0.29, 0.717) is 13.1 Å². The summed E-state index contributed by atoms with van der Waals surface area (Å²) in [4.78, 5) is 3.38. The van der Waals surface area contributed by atoms with Gasteiger partial charge in [0.15, 0.2) is 12.7 Å². The lowest BCUT2D eigenvalue weighted by Crippen LogP contribution is -2.34. The Morgan fingerprint density at radius 2 is 1.69 bits per heavy atom. The summed E-state index contributed by atoms with van der Waals surface area (Å²) in [5.74, 6) is 1.56. The molecule has 0 bridgehead atoms. The Balaban J connectivity index is 1.44. The van der Waals surface area contributed by atoms with Gasteiger partial charge < -0.3 is 19.5 Å². The van der Waals surface area contributed by atoms with Gasteiger partial charge in [-0.05, 0) is 42.0 Å². The van der Waals surface area contributed by atoms with Crippen LogP contribution in [0.2, 0.25) is 0 Å². The lowest BCUT2D eigenvalue weighted by atomic mass is 10.1. The Bertz CT molecular complexity index is 1430. The number of hydrogen-bond acceptors (Lipinski definition) is 5. The smallest absolute Gasteiger partial charge is 0.213 e. The van der Waals surface area contributed by atoms with Gasteiger partial charge in [-0.2, -0.15) is 4.57 Å². The fraction of sp³-hybridized carbons (Fsp3) is 0.167. The molecule has 0 radical (unpaired) electrons. The van der Waals surface area contributed by atoms with Crippen LogP contribution < -0.4 is 18.9 Å². The van der Waals surface area contributed by atoms with Gasteiger partial charge in [0.2, 0.25) is 5.52 Å². The van der Waals surface area contributed by atoms with Crippen molar-refractivity contribution >= 4 is 34.4 Å². The molecule has 0 amide bonds. The van der Waals surface area contributed by atoms with Gasteiger partial charge in [0.1, 0.15) is 11.5 Å². The Morgan fingerprint density at radius 1 is 0.944 bits per heavy atom. The summed E-state index contributed by atoms with van der Waals surface area (Å²) in [5.41, 5.74) is 4.56. The number of methoxy groups -OCH3 is 2. The minimum Gasteiger partial charge on any atom is -0.497 e. The number of aliphatic hydroxyl groups is 1. The average molecular weight is 498 g/mol. The number of hydrogen-bond donors (Lipinski definition) is 1. The Morgan fingerprint density at radius 3 is 2.47 bits per heavy atom. The number of rotatable bonds is 8. The number of ether oxygens (including phenoxy) is 2. The third-order valence-electron chi connectivity index (χ3n) is 6.20. The van der Waals surface area contributed by atoms with E-state index in [4.69, 9.17) is 9.47 Å². The number of pyridine rings is 1. The number of thioether (sulfide) groups is 1. The van der Waals surface area contributed by atoms with Crippen molar-refractivity contribution in [2.75, 3.05) is 32.3 Å². The summed E-state index contributed by atoms with van der Waals surface area (Å²) in [5, 5.41) is 11.9. The summed E-state index contributed by atoms with van der Waals surface area (Å²) in [7, 11) is 3.34. The number of aliphatic hydroxyl groups excluding tert-OH is 1. The first-order valence-electron chi connectivity index (χ1n) is 11.9. The van der Waals surface area contributed by atoms with Gasteiger partial charge in [-0.1, -0.05) is 48.2 Å². The van der Waals surface area contributed by atoms with E-state index in [1.807, 2.05) is 24.3 Å². The topological polar surface area (TPSA) is 45.8 Å². The van der Waals surface area contributed by atoms with E-state index in [1.165, 1.54) is 10.3 Å². The van der Waals surface area contributed by atoms with E-state index in [2.05, 4.69) is 82.4 Å². The lowest BCUT2D eigenvalue weighted by molar-refractivity contribution is -0.662. The summed E-state index contributed by atoms with van der Waals surface area (Å²) in [6.07, 6.45) is 8.49. The highest BCUT2D eigenvalue weighted by Gasteiger charge is 2.23. The zero-order valence-electron chi connectivity index (χ0n) is 20.4. The highest BCUT2D eigenvalue weighted by molar-refractivity contribution is 8.03. The molecule has 5 nitrogen and oxygen atoms in total. The second kappa shape index (κ2) is 10.9. The number of β-amino-alcohol motifs (C(OH)–C–C–N with tert-alkyl or cyclic N) is 1. The highest BCUT2D eigenvalue weighted by Crippen LogP contribution is 2.45. The molecular weight excluding hydrogens is 468 g/mol. The van der Waals surface area contributed by atoms with Crippen molar-refractivity contribution in [2.24, 2.45) is 0 Å². The van der Waals surface area contributed by atoms with Gasteiger partial charge in [0.25, 0.3) is 0 Å². The second-order valence-corrected chi connectivity index (χ2v) is 9.51. The molecule has 6 heteroatoms. The standard InChI is InChI=1S/C30H29N2O3S/c1-34-24-18-22(19-25(20-24)35-2)21-31-15-14-23(26-9-3-4-10-27(26)31)8-7-13-30-32(16-17-33)28-11-5-6-12-29(28)36-30/h3-15,18-20,33H,16-17,21H2,1-2H3/q+1. The largest absolute Gasteiger partial charge is 0.497 e. The zero-order valence-corrected chi connectivity index (χ0v) is 21.2. The normalized spacial score (nSPS) is 14.1. The van der Waals surface area contributed by atoms with Crippen molar-refractivity contribution < 1.29 is 19.1 Å². The molecule has 1 aromatic heterocycles. The predicted octanol–water partition coefficient (Wildman–Crippen LogP) is 5.65. The van der Waals surface area contributed by atoms with Gasteiger partial charge in [-0.15, -0.1) is 0 Å². The van der Waals surface area contributed by atoms with Crippen molar-refractivity contribution in [3.8, 4) is 11.5 Å². The van der Waals surface area contributed by atoms with Crippen LogP contribution >= 0.6 is 11.8 Å². The van der Waals surface area contributed by atoms with Crippen LogP contribution in [0.15, 0.2) is 101 Å². The highest BCUT2D eigenvalue weighted by atomic mass is 32.2. The van der Waals surface area contributed by atoms with Crippen LogP contribution in [0.4, 0.5) is 5.69 Å². The van der Waals surface area contributed by atoms with Crippen LogP contribution in [0.3, 0.4) is 0 Å². The van der Waals surface area contributed by atoms with Crippen LogP contribution in [0.1, 0.15) is 11.1 Å². The zero-order chi connectivity index (χ0) is 24.9. The molecule has 1 aliphatic heterocycles. The summed E-state index contributed by atoms with van der Waals surface area (Å²) >= 11 is 1.73. The minimum absolute atomic E-state index is 0.110. The Hall–Kier alpha value is -3.74. The molecule has 5 rings (SSSR count). The van der Waals surface area contributed by atoms with E-state index in [1.54, 1.807) is 26.0 Å². The lowest BCUT2D eigenvalue weighted by Gasteiger charge is -2.18. The van der Waals surface area contributed by atoms with E-state index < -0.39 is 0 Å². The molecule has 2 heterocycles. The average Bonchev–Trinajstić information content (AvgIpc) is 3.27. The van der Waals surface area contributed by atoms with E-state index >= 15 is 0 Å². The fourth-order valence-corrected chi connectivity index (χ4v) is 5.59. The molecule has 0 aliphatic carbocycles. The molecule has 182 valence electrons. The molecule has 1 N–H and O–H groups in total. The maximum atomic E-state index is 9.57. The van der Waals surface area contributed by atoms with Crippen molar-refractivity contribution in [1.82, 2.24) is 0 Å². The van der Waals surface area contributed by atoms with E-state index in [-0.39, 0.29) is 6.61 Å². The number of benzene rings is 3. The van der Waals surface area contributed by atoms with Crippen molar-refractivity contribution in [3.05, 3.63) is 107 Å². The maximum Gasteiger partial charge on any atom is 0.213 e. The molecule has 3 aromatic carbocycles. The van der Waals surface area contributed by atoms with Crippen LogP contribution in [-0.2, 0) is 6.54 Å². The first-order chi connectivity index (χ1) is 17.7. The first-order valence-corrected chi connectivity index (χ1v) is 12.7. The van der Waals surface area contributed by atoms with Gasteiger partial charge in [0.05, 0.1) is 36.9 Å². The molecule has 0 saturated carbocycles. The SMILES string of the molecule is COc1cc(C[n+]2ccc(/C=C/C=C3/Sc4ccccc4N3CCO)c3ccccc32)cc(OC)c1. The van der Waals surface area contributed by atoms with Crippen LogP contribution in [-0.4, -0.2) is 32.5 Å². The number of nitrogens with zero attached hydrogens (tertiary/aromatic N) is 2. The summed E-state index contributed by atoms with van der Waals surface area (Å²) < 4.78 is 13.1.